The van der Waals surface area contributed by atoms with Gasteiger partial charge < -0.3 is 4.74 Å². The van der Waals surface area contributed by atoms with Crippen LogP contribution in [0.3, 0.4) is 0 Å². The van der Waals surface area contributed by atoms with Crippen molar-refractivity contribution in [3.63, 3.8) is 0 Å². The lowest BCUT2D eigenvalue weighted by atomic mass is 10.1. The highest BCUT2D eigenvalue weighted by atomic mass is 79.9. The Kier molecular flexibility index (Phi) is 6.87. The zero-order chi connectivity index (χ0) is 27.0. The summed E-state index contributed by atoms with van der Waals surface area (Å²) in [5.41, 5.74) is -0.0970. The summed E-state index contributed by atoms with van der Waals surface area (Å²) in [4.78, 5) is 17.5. The van der Waals surface area contributed by atoms with Gasteiger partial charge in [0.05, 0.1) is 22.3 Å². The molecule has 0 unspecified atom stereocenters. The summed E-state index contributed by atoms with van der Waals surface area (Å²) in [5, 5.41) is 9.91. The Bertz CT molecular complexity index is 1760. The lowest BCUT2D eigenvalue weighted by Crippen LogP contribution is -2.34. The third kappa shape index (κ3) is 4.98. The van der Waals surface area contributed by atoms with Crippen molar-refractivity contribution in [1.29, 1.82) is 5.26 Å². The number of rotatable bonds is 6. The molecule has 0 saturated carbocycles. The van der Waals surface area contributed by atoms with Crippen LogP contribution in [0.25, 0.3) is 16.6 Å². The normalized spacial score (nSPS) is 15.9. The Morgan fingerprint density at radius 3 is 2.61 bits per heavy atom. The van der Waals surface area contributed by atoms with E-state index in [9.17, 15) is 27.3 Å². The van der Waals surface area contributed by atoms with Gasteiger partial charge >= 0.3 is 10.2 Å². The van der Waals surface area contributed by atoms with E-state index >= 15 is 0 Å². The van der Waals surface area contributed by atoms with Crippen molar-refractivity contribution in [1.82, 2.24) is 13.9 Å². The molecule has 0 aliphatic carbocycles. The lowest BCUT2D eigenvalue weighted by molar-refractivity contribution is 0.343. The van der Waals surface area contributed by atoms with Crippen molar-refractivity contribution in [3.05, 3.63) is 87.1 Å². The highest BCUT2D eigenvalue weighted by Gasteiger charge is 2.32. The Balaban J connectivity index is 1.51. The van der Waals surface area contributed by atoms with Gasteiger partial charge in [0, 0.05) is 17.6 Å². The van der Waals surface area contributed by atoms with Gasteiger partial charge in [-0.25, -0.2) is 13.8 Å². The van der Waals surface area contributed by atoms with E-state index in [1.165, 1.54) is 29.1 Å². The van der Waals surface area contributed by atoms with Gasteiger partial charge in [0.2, 0.25) is 0 Å². The van der Waals surface area contributed by atoms with E-state index in [4.69, 9.17) is 4.74 Å². The molecule has 194 valence electrons. The number of halogens is 3. The molecule has 5 rings (SSSR count). The molecule has 3 aromatic carbocycles. The summed E-state index contributed by atoms with van der Waals surface area (Å²) in [7, 11) is -4.19. The first-order valence-corrected chi connectivity index (χ1v) is 13.5. The van der Waals surface area contributed by atoms with Gasteiger partial charge in [0.25, 0.3) is 5.56 Å². The average molecular weight is 602 g/mol. The van der Waals surface area contributed by atoms with Gasteiger partial charge in [-0.2, -0.15) is 18.0 Å². The van der Waals surface area contributed by atoms with E-state index in [0.717, 1.165) is 20.9 Å². The van der Waals surface area contributed by atoms with Gasteiger partial charge in [-0.05, 0) is 61.0 Å². The third-order valence-electron chi connectivity index (χ3n) is 5.95. The fourth-order valence-corrected chi connectivity index (χ4v) is 5.58. The van der Waals surface area contributed by atoms with E-state index in [1.807, 2.05) is 0 Å². The fraction of sp³-hybridized carbons (Fsp3) is 0.160. The second-order valence-electron chi connectivity index (χ2n) is 8.44. The van der Waals surface area contributed by atoms with Crippen LogP contribution in [0.2, 0.25) is 0 Å². The van der Waals surface area contributed by atoms with Gasteiger partial charge in [0.1, 0.15) is 29.9 Å². The van der Waals surface area contributed by atoms with E-state index in [0.29, 0.717) is 11.2 Å². The number of hydrogen-bond acceptors (Lipinski definition) is 6. The van der Waals surface area contributed by atoms with E-state index < -0.39 is 39.1 Å². The van der Waals surface area contributed by atoms with Gasteiger partial charge in [-0.1, -0.05) is 15.9 Å². The summed E-state index contributed by atoms with van der Waals surface area (Å²) in [6, 6.07) is 15.1. The predicted molar refractivity (Wildman–Crippen MR) is 140 cm³/mol. The number of anilines is 1. The second kappa shape index (κ2) is 10.1. The highest BCUT2D eigenvalue weighted by Crippen LogP contribution is 2.34. The zero-order valence-corrected chi connectivity index (χ0v) is 21.8. The summed E-state index contributed by atoms with van der Waals surface area (Å²) < 4.78 is 64.7. The van der Waals surface area contributed by atoms with Crippen LogP contribution in [0.15, 0.2) is 70.2 Å². The van der Waals surface area contributed by atoms with E-state index in [1.54, 1.807) is 30.3 Å². The predicted octanol–water partition coefficient (Wildman–Crippen LogP) is 4.65. The molecule has 1 aromatic heterocycles. The summed E-state index contributed by atoms with van der Waals surface area (Å²) >= 11 is 3.35. The minimum absolute atomic E-state index is 0.0220. The molecule has 1 fully saturated rings. The van der Waals surface area contributed by atoms with Crippen LogP contribution in [0.4, 0.5) is 14.5 Å². The number of alkyl halides is 1. The van der Waals surface area contributed by atoms with Crippen LogP contribution in [0, 0.1) is 17.1 Å². The van der Waals surface area contributed by atoms with Crippen LogP contribution in [0.5, 0.6) is 11.5 Å². The van der Waals surface area contributed by atoms with Crippen molar-refractivity contribution < 1.29 is 21.9 Å². The Hall–Kier alpha value is -3.86. The topological polar surface area (TPSA) is 117 Å². The molecular formula is C25H18BrF2N5O4S. The maximum Gasteiger partial charge on any atom is 0.301 e. The van der Waals surface area contributed by atoms with Crippen molar-refractivity contribution in [3.8, 4) is 23.3 Å². The molecule has 1 aliphatic heterocycles. The Morgan fingerprint density at radius 1 is 1.16 bits per heavy atom. The van der Waals surface area contributed by atoms with Crippen molar-refractivity contribution in [2.24, 2.45) is 0 Å². The van der Waals surface area contributed by atoms with Crippen molar-refractivity contribution >= 4 is 42.7 Å². The number of ether oxygens (including phenoxy) is 1. The first-order valence-electron chi connectivity index (χ1n) is 11.3. The Morgan fingerprint density at radius 2 is 1.92 bits per heavy atom. The van der Waals surface area contributed by atoms with Crippen LogP contribution in [-0.2, 0) is 10.2 Å². The number of nitriles is 1. The largest absolute Gasteiger partial charge is 0.453 e. The van der Waals surface area contributed by atoms with Crippen LogP contribution in [0.1, 0.15) is 12.0 Å². The molecule has 1 aliphatic rings. The molecule has 13 heteroatoms. The number of benzene rings is 3. The first kappa shape index (κ1) is 25.8. The molecular weight excluding hydrogens is 584 g/mol. The van der Waals surface area contributed by atoms with Crippen LogP contribution < -0.4 is 15.0 Å². The smallest absolute Gasteiger partial charge is 0.301 e. The minimum atomic E-state index is -4.19. The van der Waals surface area contributed by atoms with Gasteiger partial charge in [-0.15, -0.1) is 0 Å². The summed E-state index contributed by atoms with van der Waals surface area (Å²) in [5.74, 6) is -1.43. The molecule has 0 amide bonds. The minimum Gasteiger partial charge on any atom is -0.453 e. The maximum absolute atomic E-state index is 14.8. The lowest BCUT2D eigenvalue weighted by Gasteiger charge is -2.18. The number of fused-ring (bicyclic) bond motifs is 1. The summed E-state index contributed by atoms with van der Waals surface area (Å²) in [6.07, 6.45) is 0.164. The fourth-order valence-electron chi connectivity index (χ4n) is 4.03. The highest BCUT2D eigenvalue weighted by molar-refractivity contribution is 9.10. The zero-order valence-electron chi connectivity index (χ0n) is 19.4. The monoisotopic (exact) mass is 601 g/mol. The maximum atomic E-state index is 14.8. The molecule has 0 radical (unpaired) electrons. The summed E-state index contributed by atoms with van der Waals surface area (Å²) in [6.45, 7) is -0.337. The molecule has 1 N–H and O–H groups in total. The standard InChI is InChI=1S/C25H18BrF2N5O4S/c26-15-1-3-17(4-2-15)33-14-30-22-7-5-18(11-19(22)25(33)34)37-24-20(12-29)23(8-6-21(24)28)31-38(35,36)32-10-9-16(27)13-32/h1-8,11,14,16,31H,9-10,13H2/t16-/m1/s1. The third-order valence-corrected chi connectivity index (χ3v) is 7.97. The average Bonchev–Trinajstić information content (AvgIpc) is 3.34. The first-order chi connectivity index (χ1) is 18.2. The molecule has 1 saturated heterocycles. The molecule has 0 spiro atoms. The SMILES string of the molecule is N#Cc1c(NS(=O)(=O)N2CC[C@@H](F)C2)ccc(F)c1Oc1ccc2ncn(-c3ccc(Br)cc3)c(=O)c2c1. The molecule has 1 atom stereocenters. The van der Waals surface area contributed by atoms with Crippen molar-refractivity contribution in [2.45, 2.75) is 12.6 Å². The van der Waals surface area contributed by atoms with Crippen molar-refractivity contribution in [2.75, 3.05) is 17.8 Å². The molecule has 9 nitrogen and oxygen atoms in total. The molecule has 38 heavy (non-hydrogen) atoms. The van der Waals surface area contributed by atoms with Gasteiger partial charge in [-0.3, -0.25) is 14.1 Å². The molecule has 0 bridgehead atoms. The molecule has 4 aromatic rings. The van der Waals surface area contributed by atoms with Crippen LogP contribution in [-0.4, -0.2) is 41.5 Å². The van der Waals surface area contributed by atoms with Crippen LogP contribution >= 0.6 is 15.9 Å². The number of hydrogen-bond donors (Lipinski definition) is 1. The van der Waals surface area contributed by atoms with E-state index in [-0.39, 0.29) is 36.3 Å². The Labute approximate surface area is 224 Å². The number of aromatic nitrogens is 2. The van der Waals surface area contributed by atoms with E-state index in [2.05, 4.69) is 25.6 Å². The van der Waals surface area contributed by atoms with Gasteiger partial charge in [0.15, 0.2) is 11.6 Å². The molecule has 2 heterocycles. The quantitative estimate of drug-likeness (QED) is 0.344. The number of nitrogens with zero attached hydrogens (tertiary/aromatic N) is 4. The second-order valence-corrected chi connectivity index (χ2v) is 11.0. The number of nitrogens with one attached hydrogen (secondary N) is 1.